The van der Waals surface area contributed by atoms with E-state index in [1.54, 1.807) is 0 Å². The summed E-state index contributed by atoms with van der Waals surface area (Å²) in [6, 6.07) is 3.16. The first-order valence-corrected chi connectivity index (χ1v) is 8.42. The van der Waals surface area contributed by atoms with E-state index < -0.39 is 0 Å². The summed E-state index contributed by atoms with van der Waals surface area (Å²) in [6.45, 7) is 10.0. The van der Waals surface area contributed by atoms with Crippen LogP contribution in [0.1, 0.15) is 37.3 Å². The molecule has 0 N–H and O–H groups in total. The van der Waals surface area contributed by atoms with Gasteiger partial charge in [-0.05, 0) is 44.0 Å². The van der Waals surface area contributed by atoms with Crippen LogP contribution in [0.25, 0.3) is 0 Å². The summed E-state index contributed by atoms with van der Waals surface area (Å²) in [5.41, 5.74) is 2.63. The van der Waals surface area contributed by atoms with Crippen molar-refractivity contribution in [1.82, 2.24) is 0 Å². The first kappa shape index (κ1) is 19.0. The van der Waals surface area contributed by atoms with E-state index in [0.29, 0.717) is 0 Å². The van der Waals surface area contributed by atoms with Crippen LogP contribution in [-0.4, -0.2) is 42.6 Å². The molecule has 0 bridgehead atoms. The molecule has 2 aliphatic rings. The molecule has 3 nitrogen and oxygen atoms in total. The molecule has 2 aliphatic heterocycles. The zero-order valence-electron chi connectivity index (χ0n) is 14.4. The molecule has 1 aromatic rings. The molecule has 1 aromatic carbocycles. The second kappa shape index (κ2) is 7.29. The van der Waals surface area contributed by atoms with Crippen LogP contribution in [0.5, 0.6) is 0 Å². The average Bonchev–Trinajstić information content (AvgIpc) is 3.06. The van der Waals surface area contributed by atoms with Gasteiger partial charge in [0.1, 0.15) is 5.82 Å². The van der Waals surface area contributed by atoms with Crippen molar-refractivity contribution in [2.24, 2.45) is 0 Å². The minimum Gasteiger partial charge on any atom is -0.314 e. The van der Waals surface area contributed by atoms with Crippen molar-refractivity contribution in [2.75, 3.05) is 31.1 Å². The van der Waals surface area contributed by atoms with Gasteiger partial charge in [-0.1, -0.05) is 0 Å². The molecule has 2 heterocycles. The van der Waals surface area contributed by atoms with Crippen molar-refractivity contribution in [3.63, 3.8) is 0 Å². The third-order valence-corrected chi connectivity index (χ3v) is 5.65. The summed E-state index contributed by atoms with van der Waals surface area (Å²) in [5.74, 6) is 0.0140. The molecule has 0 aliphatic carbocycles. The quantitative estimate of drug-likeness (QED) is 0.722. The van der Waals surface area contributed by atoms with Crippen molar-refractivity contribution in [1.29, 1.82) is 0 Å². The topological polar surface area (TPSA) is 20.3 Å². The second-order valence-corrected chi connectivity index (χ2v) is 6.87. The van der Waals surface area contributed by atoms with E-state index in [0.717, 1.165) is 53.9 Å². The van der Waals surface area contributed by atoms with E-state index in [1.807, 2.05) is 18.7 Å². The maximum atomic E-state index is 13.5. The number of rotatable bonds is 3. The number of benzene rings is 1. The summed E-state index contributed by atoms with van der Waals surface area (Å²) in [5, 5.41) is 0. The normalized spacial score (nSPS) is 23.2. The predicted molar refractivity (Wildman–Crippen MR) is 86.4 cm³/mol. The van der Waals surface area contributed by atoms with Gasteiger partial charge in [-0.15, -0.1) is 0 Å². The third kappa shape index (κ3) is 3.27. The van der Waals surface area contributed by atoms with Gasteiger partial charge in [-0.2, -0.15) is 0 Å². The number of likely N-dealkylation sites (tertiary alicyclic amines) is 1. The number of quaternary nitrogens is 1. The molecule has 5 heteroatoms. The first-order valence-electron chi connectivity index (χ1n) is 8.42. The summed E-state index contributed by atoms with van der Waals surface area (Å²) in [6.07, 6.45) is 3.38. The number of amides is 1. The molecule has 2 fully saturated rings. The van der Waals surface area contributed by atoms with Crippen LogP contribution in [0.4, 0.5) is 10.1 Å². The Morgan fingerprint density at radius 3 is 2.30 bits per heavy atom. The van der Waals surface area contributed by atoms with Crippen LogP contribution in [0.2, 0.25) is 0 Å². The number of carbonyl (C=O) groups is 1. The zero-order chi connectivity index (χ0) is 15.9. The summed E-state index contributed by atoms with van der Waals surface area (Å²) >= 11 is 0. The van der Waals surface area contributed by atoms with Gasteiger partial charge >= 0.3 is 0 Å². The van der Waals surface area contributed by atoms with Crippen LogP contribution in [0.3, 0.4) is 0 Å². The smallest absolute Gasteiger partial charge is 0.285 e. The Kier molecular flexibility index (Phi) is 6.02. The number of likely N-dealkylation sites (N-methyl/N-ethyl adjacent to an activating group) is 1. The zero-order valence-corrected chi connectivity index (χ0v) is 17.3. The van der Waals surface area contributed by atoms with Gasteiger partial charge in [-0.25, -0.2) is 4.39 Å². The fraction of sp³-hybridized carbons (Fsp3) is 0.611. The molecule has 0 aromatic heterocycles. The van der Waals surface area contributed by atoms with Gasteiger partial charge < -0.3 is 9.38 Å². The minimum absolute atomic E-state index is 0. The van der Waals surface area contributed by atoms with Gasteiger partial charge in [0.05, 0.1) is 19.6 Å². The van der Waals surface area contributed by atoms with E-state index in [4.69, 9.17) is 0 Å². The molecule has 2 saturated heterocycles. The van der Waals surface area contributed by atoms with E-state index in [9.17, 15) is 9.18 Å². The molecule has 123 valence electrons. The molecule has 0 saturated carbocycles. The third-order valence-electron chi connectivity index (χ3n) is 5.65. The fourth-order valence-electron chi connectivity index (χ4n) is 4.54. The standard InChI is InChI=1S/C18H26FN2O.Y/c1-4-21(9-5-6-10-21)16-7-8-20(18(16)22)17-13(2)11-15(19)12-14(17)3;/h11-12,16H,4-10H2,1-3H3;/q+1;. The molecule has 1 amide bonds. The van der Waals surface area contributed by atoms with Gasteiger partial charge in [0.2, 0.25) is 0 Å². The Bertz CT molecular complexity index is 576. The van der Waals surface area contributed by atoms with E-state index in [1.165, 1.54) is 25.0 Å². The number of nitrogens with zero attached hydrogens (tertiary/aromatic N) is 2. The molecule has 1 unspecified atom stereocenters. The Hall–Kier alpha value is -0.316. The van der Waals surface area contributed by atoms with E-state index in [2.05, 4.69) is 6.92 Å². The van der Waals surface area contributed by atoms with Crippen molar-refractivity contribution in [3.8, 4) is 0 Å². The molecular weight excluding hydrogens is 368 g/mol. The molecule has 0 spiro atoms. The van der Waals surface area contributed by atoms with Crippen LogP contribution in [-0.2, 0) is 37.5 Å². The van der Waals surface area contributed by atoms with Crippen LogP contribution in [0.15, 0.2) is 12.1 Å². The Balaban J connectivity index is 0.00000192. The van der Waals surface area contributed by atoms with Gasteiger partial charge in [0, 0.05) is 64.2 Å². The first-order chi connectivity index (χ1) is 10.5. The van der Waals surface area contributed by atoms with Crippen LogP contribution in [0, 0.1) is 19.7 Å². The molecule has 1 radical (unpaired) electrons. The van der Waals surface area contributed by atoms with E-state index in [-0.39, 0.29) is 50.5 Å². The number of aryl methyl sites for hydroxylation is 2. The van der Waals surface area contributed by atoms with Crippen LogP contribution < -0.4 is 4.90 Å². The SMILES string of the molecule is CC[N+]1(C2CCN(c3c(C)cc(F)cc3C)C2=O)CCCC1.[Y]. The van der Waals surface area contributed by atoms with Gasteiger partial charge in [-0.3, -0.25) is 4.79 Å². The number of hydrogen-bond acceptors (Lipinski definition) is 1. The minimum atomic E-state index is -0.224. The molecule has 1 atom stereocenters. The number of carbonyl (C=O) groups excluding carboxylic acids is 1. The summed E-state index contributed by atoms with van der Waals surface area (Å²) in [7, 11) is 0. The summed E-state index contributed by atoms with van der Waals surface area (Å²) in [4.78, 5) is 15.0. The van der Waals surface area contributed by atoms with Crippen molar-refractivity contribution < 1.29 is 46.4 Å². The maximum absolute atomic E-state index is 13.5. The Labute approximate surface area is 163 Å². The van der Waals surface area contributed by atoms with Crippen LogP contribution >= 0.6 is 0 Å². The molecule has 3 rings (SSSR count). The predicted octanol–water partition coefficient (Wildman–Crippen LogP) is 3.18. The Morgan fingerprint density at radius 2 is 1.78 bits per heavy atom. The van der Waals surface area contributed by atoms with Gasteiger partial charge in [0.15, 0.2) is 6.04 Å². The van der Waals surface area contributed by atoms with Crippen molar-refractivity contribution in [3.05, 3.63) is 29.1 Å². The van der Waals surface area contributed by atoms with Crippen molar-refractivity contribution >= 4 is 11.6 Å². The largest absolute Gasteiger partial charge is 0.314 e. The monoisotopic (exact) mass is 394 g/mol. The van der Waals surface area contributed by atoms with E-state index >= 15 is 0 Å². The number of hydrogen-bond donors (Lipinski definition) is 0. The molecular formula is C18H26FN2OY+. The Morgan fingerprint density at radius 1 is 1.22 bits per heavy atom. The fourth-order valence-corrected chi connectivity index (χ4v) is 4.54. The number of anilines is 1. The maximum Gasteiger partial charge on any atom is 0.285 e. The summed E-state index contributed by atoms with van der Waals surface area (Å²) < 4.78 is 14.5. The molecule has 23 heavy (non-hydrogen) atoms. The van der Waals surface area contributed by atoms with Gasteiger partial charge in [0.25, 0.3) is 5.91 Å². The number of halogens is 1. The van der Waals surface area contributed by atoms with Crippen molar-refractivity contribution in [2.45, 2.75) is 46.1 Å². The average molecular weight is 394 g/mol. The second-order valence-electron chi connectivity index (χ2n) is 6.87.